The van der Waals surface area contributed by atoms with E-state index >= 15 is 0 Å². The minimum atomic E-state index is -3.89. The van der Waals surface area contributed by atoms with Crippen LogP contribution in [0.15, 0.2) is 76.1 Å². The van der Waals surface area contributed by atoms with E-state index in [2.05, 4.69) is 21.2 Å². The molecule has 5 nitrogen and oxygen atoms in total. The van der Waals surface area contributed by atoms with Gasteiger partial charge in [0.15, 0.2) is 0 Å². The van der Waals surface area contributed by atoms with Gasteiger partial charge in [0, 0.05) is 11.0 Å². The quantitative estimate of drug-likeness (QED) is 0.389. The molecule has 1 amide bonds. The van der Waals surface area contributed by atoms with Crippen molar-refractivity contribution in [3.05, 3.63) is 99.0 Å². The van der Waals surface area contributed by atoms with Gasteiger partial charge in [-0.2, -0.15) is 4.31 Å². The van der Waals surface area contributed by atoms with Gasteiger partial charge in [0.2, 0.25) is 15.9 Å². The van der Waals surface area contributed by atoms with Gasteiger partial charge in [0.05, 0.1) is 17.5 Å². The van der Waals surface area contributed by atoms with Crippen molar-refractivity contribution in [3.8, 4) is 0 Å². The Balaban J connectivity index is 1.86. The minimum Gasteiger partial charge on any atom is -0.348 e. The summed E-state index contributed by atoms with van der Waals surface area (Å²) < 4.78 is 29.8. The largest absolute Gasteiger partial charge is 0.348 e. The van der Waals surface area contributed by atoms with Crippen molar-refractivity contribution in [3.63, 3.8) is 0 Å². The predicted octanol–water partition coefficient (Wildman–Crippen LogP) is 5.49. The van der Waals surface area contributed by atoms with Crippen LogP contribution in [-0.4, -0.2) is 31.7 Å². The van der Waals surface area contributed by atoms with Crippen LogP contribution in [0.2, 0.25) is 0 Å². The number of nitrogens with zero attached hydrogens (tertiary/aromatic N) is 1. The van der Waals surface area contributed by atoms with E-state index in [4.69, 9.17) is 0 Å². The van der Waals surface area contributed by atoms with E-state index in [0.29, 0.717) is 17.5 Å². The fourth-order valence-electron chi connectivity index (χ4n) is 4.19. The molecule has 0 spiro atoms. The number of sulfonamides is 1. The van der Waals surface area contributed by atoms with Crippen molar-refractivity contribution in [2.45, 2.75) is 45.1 Å². The topological polar surface area (TPSA) is 66.5 Å². The van der Waals surface area contributed by atoms with Crippen molar-refractivity contribution in [2.75, 3.05) is 13.1 Å². The molecule has 0 aliphatic rings. The van der Waals surface area contributed by atoms with Gasteiger partial charge in [-0.15, -0.1) is 0 Å². The Morgan fingerprint density at radius 2 is 1.62 bits per heavy atom. The van der Waals surface area contributed by atoms with Gasteiger partial charge in [-0.1, -0.05) is 76.1 Å². The van der Waals surface area contributed by atoms with E-state index in [-0.39, 0.29) is 29.9 Å². The Kier molecular flexibility index (Phi) is 8.68. The molecule has 0 saturated heterocycles. The fraction of sp³-hybridized carbons (Fsp3) is 0.296. The first kappa shape index (κ1) is 26.1. The number of hydrogen-bond acceptors (Lipinski definition) is 3. The lowest BCUT2D eigenvalue weighted by molar-refractivity contribution is -0.121. The molecular formula is C27H31BrN2O3S. The van der Waals surface area contributed by atoms with E-state index < -0.39 is 10.0 Å². The first-order chi connectivity index (χ1) is 16.1. The molecule has 1 N–H and O–H groups in total. The Morgan fingerprint density at radius 1 is 0.971 bits per heavy atom. The summed E-state index contributed by atoms with van der Waals surface area (Å²) >= 11 is 3.45. The second-order valence-corrected chi connectivity index (χ2v) is 11.4. The van der Waals surface area contributed by atoms with Crippen molar-refractivity contribution in [2.24, 2.45) is 0 Å². The highest BCUT2D eigenvalue weighted by Gasteiger charge is 2.30. The van der Waals surface area contributed by atoms with Gasteiger partial charge in [-0.3, -0.25) is 4.79 Å². The molecule has 0 unspecified atom stereocenters. The normalized spacial score (nSPS) is 12.5. The van der Waals surface area contributed by atoms with Crippen LogP contribution in [-0.2, 0) is 21.2 Å². The lowest BCUT2D eigenvalue weighted by Crippen LogP contribution is -2.42. The maximum Gasteiger partial charge on any atom is 0.244 e. The number of carbonyl (C=O) groups is 1. The van der Waals surface area contributed by atoms with Crippen LogP contribution in [0.5, 0.6) is 0 Å². The third-order valence-corrected chi connectivity index (χ3v) is 8.39. The highest BCUT2D eigenvalue weighted by Crippen LogP contribution is 2.26. The maximum absolute atomic E-state index is 13.8. The minimum absolute atomic E-state index is 0.206. The molecule has 0 radical (unpaired) electrons. The molecule has 0 aromatic heterocycles. The summed E-state index contributed by atoms with van der Waals surface area (Å²) in [5, 5.41) is 2.95. The highest BCUT2D eigenvalue weighted by atomic mass is 79.9. The summed E-state index contributed by atoms with van der Waals surface area (Å²) in [5.41, 5.74) is 4.33. The van der Waals surface area contributed by atoms with E-state index in [9.17, 15) is 13.2 Å². The second-order valence-electron chi connectivity index (χ2n) is 8.65. The number of benzene rings is 3. The third kappa shape index (κ3) is 6.56. The number of aryl methyl sites for hydroxylation is 3. The molecule has 0 fully saturated rings. The van der Waals surface area contributed by atoms with Crippen LogP contribution in [0, 0.1) is 20.8 Å². The second kappa shape index (κ2) is 11.3. The summed E-state index contributed by atoms with van der Waals surface area (Å²) in [5.74, 6) is -0.341. The first-order valence-corrected chi connectivity index (χ1v) is 13.5. The monoisotopic (exact) mass is 542 g/mol. The lowest BCUT2D eigenvalue weighted by atomic mass is 10.1. The number of hydrogen-bond donors (Lipinski definition) is 1. The summed E-state index contributed by atoms with van der Waals surface area (Å²) in [6.45, 7) is 7.39. The van der Waals surface area contributed by atoms with E-state index in [1.807, 2.05) is 80.6 Å². The number of amides is 1. The van der Waals surface area contributed by atoms with Crippen LogP contribution < -0.4 is 5.32 Å². The molecule has 0 saturated carbocycles. The molecule has 0 bridgehead atoms. The smallest absolute Gasteiger partial charge is 0.244 e. The lowest BCUT2D eigenvalue weighted by Gasteiger charge is -2.25. The Morgan fingerprint density at radius 3 is 2.24 bits per heavy atom. The number of nitrogens with one attached hydrogen (secondary N) is 1. The Labute approximate surface area is 211 Å². The number of rotatable bonds is 9. The van der Waals surface area contributed by atoms with Crippen LogP contribution in [0.4, 0.5) is 0 Å². The van der Waals surface area contributed by atoms with E-state index in [1.54, 1.807) is 13.8 Å². The molecule has 3 rings (SSSR count). The molecule has 7 heteroatoms. The summed E-state index contributed by atoms with van der Waals surface area (Å²) in [6, 6.07) is 20.9. The standard InChI is InChI=1S/C27H31BrN2O3S/c1-19-15-20(2)27(21(3)16-19)34(32,33)30(14-13-23-9-6-5-7-10-23)18-26(31)29-22(4)24-11-8-12-25(28)17-24/h5-12,15-17,22H,13-14,18H2,1-4H3,(H,29,31)/t22-/m1/s1. The summed E-state index contributed by atoms with van der Waals surface area (Å²) in [4.78, 5) is 13.3. The van der Waals surface area contributed by atoms with Crippen molar-refractivity contribution in [1.82, 2.24) is 9.62 Å². The number of carbonyl (C=O) groups excluding carboxylic acids is 1. The van der Waals surface area contributed by atoms with Gasteiger partial charge in [0.25, 0.3) is 0 Å². The summed E-state index contributed by atoms with van der Waals surface area (Å²) in [7, 11) is -3.89. The Bertz CT molecular complexity index is 1240. The van der Waals surface area contributed by atoms with Gasteiger partial charge < -0.3 is 5.32 Å². The first-order valence-electron chi connectivity index (χ1n) is 11.2. The number of halogens is 1. The molecule has 0 aliphatic carbocycles. The van der Waals surface area contributed by atoms with E-state index in [0.717, 1.165) is 21.2 Å². The molecule has 0 aliphatic heterocycles. The van der Waals surface area contributed by atoms with Crippen LogP contribution in [0.25, 0.3) is 0 Å². The zero-order valence-corrected chi connectivity index (χ0v) is 22.4. The van der Waals surface area contributed by atoms with Crippen LogP contribution in [0.1, 0.15) is 40.8 Å². The van der Waals surface area contributed by atoms with Gasteiger partial charge >= 0.3 is 0 Å². The van der Waals surface area contributed by atoms with Crippen molar-refractivity contribution in [1.29, 1.82) is 0 Å². The highest BCUT2D eigenvalue weighted by molar-refractivity contribution is 9.10. The maximum atomic E-state index is 13.8. The molecular weight excluding hydrogens is 512 g/mol. The predicted molar refractivity (Wildman–Crippen MR) is 140 cm³/mol. The average Bonchev–Trinajstić information content (AvgIpc) is 2.76. The zero-order valence-electron chi connectivity index (χ0n) is 20.0. The molecule has 34 heavy (non-hydrogen) atoms. The van der Waals surface area contributed by atoms with Crippen molar-refractivity contribution >= 4 is 31.9 Å². The fourth-order valence-corrected chi connectivity index (χ4v) is 6.42. The van der Waals surface area contributed by atoms with E-state index in [1.165, 1.54) is 4.31 Å². The van der Waals surface area contributed by atoms with Gasteiger partial charge in [-0.05, 0) is 68.5 Å². The molecule has 3 aromatic rings. The molecule has 1 atom stereocenters. The SMILES string of the molecule is Cc1cc(C)c(S(=O)(=O)N(CCc2ccccc2)CC(=O)N[C@H](C)c2cccc(Br)c2)c(C)c1. The third-order valence-electron chi connectivity index (χ3n) is 5.74. The molecule has 180 valence electrons. The molecule has 0 heterocycles. The molecule has 3 aromatic carbocycles. The summed E-state index contributed by atoms with van der Waals surface area (Å²) in [6.07, 6.45) is 0.512. The van der Waals surface area contributed by atoms with Crippen LogP contribution in [0.3, 0.4) is 0 Å². The van der Waals surface area contributed by atoms with Crippen LogP contribution >= 0.6 is 15.9 Å². The van der Waals surface area contributed by atoms with Gasteiger partial charge in [-0.25, -0.2) is 8.42 Å². The zero-order chi connectivity index (χ0) is 24.9. The van der Waals surface area contributed by atoms with Crippen molar-refractivity contribution < 1.29 is 13.2 Å². The van der Waals surface area contributed by atoms with Gasteiger partial charge in [0.1, 0.15) is 0 Å². The Hall–Kier alpha value is -2.48. The average molecular weight is 544 g/mol.